The van der Waals surface area contributed by atoms with Gasteiger partial charge in [-0.05, 0) is 64.9 Å². The number of halogens is 4. The number of hydrogen-bond donors (Lipinski definition) is 0. The Labute approximate surface area is 219 Å². The number of likely N-dealkylation sites (tertiary alicyclic amines) is 1. The van der Waals surface area contributed by atoms with Gasteiger partial charge in [0.05, 0.1) is 23.6 Å². The summed E-state index contributed by atoms with van der Waals surface area (Å²) in [6.45, 7) is 8.30. The first kappa shape index (κ1) is 27.4. The Morgan fingerprint density at radius 1 is 1.14 bits per heavy atom. The van der Waals surface area contributed by atoms with E-state index in [9.17, 15) is 18.0 Å². The van der Waals surface area contributed by atoms with Gasteiger partial charge in [-0.25, -0.2) is 0 Å². The molecule has 0 saturated carbocycles. The van der Waals surface area contributed by atoms with Crippen LogP contribution < -0.4 is 14.2 Å². The molecule has 0 unspecified atom stereocenters. The molecule has 1 saturated heterocycles. The molecule has 10 heteroatoms. The second kappa shape index (κ2) is 10.6. The number of esters is 1. The zero-order valence-electron chi connectivity index (χ0n) is 21.1. The van der Waals surface area contributed by atoms with E-state index in [0.717, 1.165) is 31.5 Å². The number of nitrogens with zero attached hydrogens (tertiary/aromatic N) is 1. The lowest BCUT2D eigenvalue weighted by molar-refractivity contribution is -0.275. The number of benzene rings is 2. The fourth-order valence-corrected chi connectivity index (χ4v) is 4.98. The number of alkyl halides is 3. The molecule has 0 amide bonds. The van der Waals surface area contributed by atoms with Crippen molar-refractivity contribution < 1.29 is 36.9 Å². The second-order valence-corrected chi connectivity index (χ2v) is 10.9. The average molecular weight is 542 g/mol. The molecular weight excluding hydrogens is 511 g/mol. The first-order valence-electron chi connectivity index (χ1n) is 12.2. The third-order valence-corrected chi connectivity index (χ3v) is 6.93. The van der Waals surface area contributed by atoms with Crippen molar-refractivity contribution in [2.75, 3.05) is 26.2 Å². The molecular formula is C27H31ClF3NO5. The van der Waals surface area contributed by atoms with Crippen LogP contribution in [0.2, 0.25) is 5.02 Å². The van der Waals surface area contributed by atoms with Crippen LogP contribution >= 0.6 is 11.6 Å². The van der Waals surface area contributed by atoms with Crippen molar-refractivity contribution in [2.45, 2.75) is 64.0 Å². The predicted octanol–water partition coefficient (Wildman–Crippen LogP) is 6.28. The number of carbonyl (C=O) groups excluding carboxylic acids is 1. The maximum absolute atomic E-state index is 12.8. The smallest absolute Gasteiger partial charge is 0.492 e. The molecule has 0 N–H and O–H groups in total. The van der Waals surface area contributed by atoms with Gasteiger partial charge < -0.3 is 23.8 Å². The van der Waals surface area contributed by atoms with E-state index in [1.165, 1.54) is 18.2 Å². The molecule has 4 rings (SSSR count). The normalized spacial score (nSPS) is 17.3. The van der Waals surface area contributed by atoms with E-state index < -0.39 is 17.7 Å². The summed E-state index contributed by atoms with van der Waals surface area (Å²) < 4.78 is 59.5. The highest BCUT2D eigenvalue weighted by atomic mass is 35.5. The van der Waals surface area contributed by atoms with Crippen molar-refractivity contribution in [3.8, 4) is 17.2 Å². The summed E-state index contributed by atoms with van der Waals surface area (Å²) in [6, 6.07) is 9.60. The highest BCUT2D eigenvalue weighted by Gasteiger charge is 2.43. The fourth-order valence-electron chi connectivity index (χ4n) is 4.76. The highest BCUT2D eigenvalue weighted by Crippen LogP contribution is 2.47. The molecule has 1 spiro atoms. The van der Waals surface area contributed by atoms with Crippen LogP contribution in [0.25, 0.3) is 0 Å². The average Bonchev–Trinajstić information content (AvgIpc) is 3.13. The van der Waals surface area contributed by atoms with Gasteiger partial charge in [-0.1, -0.05) is 23.7 Å². The zero-order chi connectivity index (χ0) is 26.8. The van der Waals surface area contributed by atoms with Crippen LogP contribution in [0.5, 0.6) is 17.2 Å². The molecule has 1 fully saturated rings. The maximum atomic E-state index is 12.8. The largest absolute Gasteiger partial charge is 0.573 e. The van der Waals surface area contributed by atoms with Gasteiger partial charge >= 0.3 is 12.3 Å². The van der Waals surface area contributed by atoms with Gasteiger partial charge in [0.1, 0.15) is 29.5 Å². The number of ether oxygens (including phenoxy) is 4. The third kappa shape index (κ3) is 7.02. The molecule has 0 radical (unpaired) electrons. The predicted molar refractivity (Wildman–Crippen MR) is 132 cm³/mol. The maximum Gasteiger partial charge on any atom is 0.573 e. The Kier molecular flexibility index (Phi) is 7.85. The Bertz CT molecular complexity index is 1120. The third-order valence-electron chi connectivity index (χ3n) is 6.58. The van der Waals surface area contributed by atoms with Crippen molar-refractivity contribution in [2.24, 2.45) is 0 Å². The first-order chi connectivity index (χ1) is 17.3. The molecule has 37 heavy (non-hydrogen) atoms. The van der Waals surface area contributed by atoms with Crippen LogP contribution in [0.1, 0.15) is 51.2 Å². The second-order valence-electron chi connectivity index (χ2n) is 10.5. The summed E-state index contributed by atoms with van der Waals surface area (Å²) >= 11 is 6.11. The van der Waals surface area contributed by atoms with Crippen molar-refractivity contribution in [1.82, 2.24) is 4.90 Å². The molecule has 0 aromatic heterocycles. The van der Waals surface area contributed by atoms with Gasteiger partial charge in [-0.3, -0.25) is 4.79 Å². The molecule has 2 aliphatic rings. The number of carbonyl (C=O) groups is 1. The van der Waals surface area contributed by atoms with Crippen molar-refractivity contribution in [3.05, 3.63) is 52.5 Å². The minimum absolute atomic E-state index is 0.104. The molecule has 202 valence electrons. The quantitative estimate of drug-likeness (QED) is 0.385. The number of hydrogen-bond acceptors (Lipinski definition) is 6. The van der Waals surface area contributed by atoms with Crippen LogP contribution in [-0.2, 0) is 21.6 Å². The van der Waals surface area contributed by atoms with Crippen molar-refractivity contribution >= 4 is 17.6 Å². The lowest BCUT2D eigenvalue weighted by Gasteiger charge is -2.38. The number of piperidine rings is 1. The zero-order valence-corrected chi connectivity index (χ0v) is 21.9. The Balaban J connectivity index is 1.35. The fraction of sp³-hybridized carbons (Fsp3) is 0.519. The molecule has 2 aromatic rings. The van der Waals surface area contributed by atoms with Crippen molar-refractivity contribution in [3.63, 3.8) is 0 Å². The van der Waals surface area contributed by atoms with Crippen LogP contribution in [0, 0.1) is 0 Å². The van der Waals surface area contributed by atoms with Crippen LogP contribution in [-0.4, -0.2) is 49.1 Å². The van der Waals surface area contributed by atoms with Gasteiger partial charge in [0, 0.05) is 23.6 Å². The van der Waals surface area contributed by atoms with Gasteiger partial charge in [-0.2, -0.15) is 0 Å². The molecule has 0 aliphatic carbocycles. The van der Waals surface area contributed by atoms with Crippen LogP contribution in [0.15, 0.2) is 36.4 Å². The molecule has 2 heterocycles. The molecule has 0 bridgehead atoms. The summed E-state index contributed by atoms with van der Waals surface area (Å²) in [4.78, 5) is 14.3. The van der Waals surface area contributed by atoms with E-state index in [1.807, 2.05) is 26.8 Å². The minimum Gasteiger partial charge on any atom is -0.492 e. The monoisotopic (exact) mass is 541 g/mol. The first-order valence-corrected chi connectivity index (χ1v) is 12.6. The molecule has 2 aliphatic heterocycles. The summed E-state index contributed by atoms with van der Waals surface area (Å²) in [7, 11) is 0. The standard InChI is InChI=1S/C27H31ClF3NO5/c1-25(2,3)37-24(33)9-12-32-13-10-26(11-14-32)17-35-23-15-18(7-8-20(23)26)34-16-19-21(28)5-4-6-22(19)36-27(29,30)31/h4-8,15H,9-14,16-17H2,1-3H3. The minimum atomic E-state index is -4.83. The Hall–Kier alpha value is -2.65. The van der Waals surface area contributed by atoms with E-state index in [-0.39, 0.29) is 28.6 Å². The van der Waals surface area contributed by atoms with E-state index in [0.29, 0.717) is 31.1 Å². The van der Waals surface area contributed by atoms with Crippen LogP contribution in [0.3, 0.4) is 0 Å². The van der Waals surface area contributed by atoms with E-state index >= 15 is 0 Å². The topological polar surface area (TPSA) is 57.2 Å². The Morgan fingerprint density at radius 2 is 1.86 bits per heavy atom. The van der Waals surface area contributed by atoms with Crippen LogP contribution in [0.4, 0.5) is 13.2 Å². The van der Waals surface area contributed by atoms with E-state index in [4.69, 9.17) is 25.8 Å². The van der Waals surface area contributed by atoms with Gasteiger partial charge in [0.25, 0.3) is 0 Å². The molecule has 6 nitrogen and oxygen atoms in total. The number of fused-ring (bicyclic) bond motifs is 2. The highest BCUT2D eigenvalue weighted by molar-refractivity contribution is 6.31. The van der Waals surface area contributed by atoms with Gasteiger partial charge in [0.15, 0.2) is 0 Å². The summed E-state index contributed by atoms with van der Waals surface area (Å²) in [6.07, 6.45) is -2.68. The lowest BCUT2D eigenvalue weighted by atomic mass is 9.74. The number of rotatable bonds is 7. The molecule has 2 aromatic carbocycles. The van der Waals surface area contributed by atoms with Crippen molar-refractivity contribution in [1.29, 1.82) is 0 Å². The summed E-state index contributed by atoms with van der Waals surface area (Å²) in [5, 5.41) is 0.122. The SMILES string of the molecule is CC(C)(C)OC(=O)CCN1CCC2(CC1)COc1cc(OCc3c(Cl)cccc3OC(F)(F)F)ccc12. The van der Waals surface area contributed by atoms with Gasteiger partial charge in [0.2, 0.25) is 0 Å². The molecule has 0 atom stereocenters. The Morgan fingerprint density at radius 3 is 2.54 bits per heavy atom. The lowest BCUT2D eigenvalue weighted by Crippen LogP contribution is -2.44. The summed E-state index contributed by atoms with van der Waals surface area (Å²) in [5.41, 5.74) is 0.624. The van der Waals surface area contributed by atoms with E-state index in [2.05, 4.69) is 9.64 Å². The van der Waals surface area contributed by atoms with E-state index in [1.54, 1.807) is 12.1 Å². The summed E-state index contributed by atoms with van der Waals surface area (Å²) in [5.74, 6) is 0.590. The van der Waals surface area contributed by atoms with Gasteiger partial charge in [-0.15, -0.1) is 13.2 Å².